The first-order valence-electron chi connectivity index (χ1n) is 6.48. The van der Waals surface area contributed by atoms with Crippen molar-refractivity contribution in [3.63, 3.8) is 0 Å². The normalized spacial score (nSPS) is 21.4. The van der Waals surface area contributed by atoms with Gasteiger partial charge in [-0.05, 0) is 53.9 Å². The molecule has 1 atom stereocenters. The van der Waals surface area contributed by atoms with Gasteiger partial charge in [0.05, 0.1) is 9.89 Å². The zero-order valence-corrected chi connectivity index (χ0v) is 13.3. The van der Waals surface area contributed by atoms with Crippen LogP contribution in [-0.2, 0) is 4.79 Å². The van der Waals surface area contributed by atoms with Gasteiger partial charge in [-0.3, -0.25) is 4.79 Å². The minimum absolute atomic E-state index is 0.162. The number of hydrogen-bond donors (Lipinski definition) is 2. The molecular formula is C14H16BrFN2O3. The molecule has 0 radical (unpaired) electrons. The number of rotatable bonds is 2. The number of carboxylic acids is 1. The molecule has 0 saturated carbocycles. The van der Waals surface area contributed by atoms with Crippen molar-refractivity contribution in [3.05, 3.63) is 28.0 Å². The highest BCUT2D eigenvalue weighted by Crippen LogP contribution is 2.31. The Balaban J connectivity index is 2.10. The molecule has 2 amide bonds. The summed E-state index contributed by atoms with van der Waals surface area (Å²) in [4.78, 5) is 24.8. The molecule has 7 heteroatoms. The number of nitrogens with one attached hydrogen (secondary N) is 1. The molecule has 2 N–H and O–H groups in total. The summed E-state index contributed by atoms with van der Waals surface area (Å²) >= 11 is 3.07. The second-order valence-electron chi connectivity index (χ2n) is 5.55. The lowest BCUT2D eigenvalue weighted by atomic mass is 9.90. The van der Waals surface area contributed by atoms with E-state index < -0.39 is 17.2 Å². The molecule has 0 aromatic heterocycles. The van der Waals surface area contributed by atoms with E-state index in [1.54, 1.807) is 13.8 Å². The van der Waals surface area contributed by atoms with Crippen molar-refractivity contribution in [1.29, 1.82) is 0 Å². The number of benzene rings is 1. The fourth-order valence-corrected chi connectivity index (χ4v) is 2.63. The third kappa shape index (κ3) is 3.18. The summed E-state index contributed by atoms with van der Waals surface area (Å²) in [5.41, 5.74) is 0.192. The van der Waals surface area contributed by atoms with Crippen LogP contribution in [0.5, 0.6) is 0 Å². The monoisotopic (exact) mass is 358 g/mol. The number of hydrogen-bond acceptors (Lipinski definition) is 2. The molecule has 5 nitrogen and oxygen atoms in total. The summed E-state index contributed by atoms with van der Waals surface area (Å²) in [5, 5.41) is 11.9. The number of aryl methyl sites for hydroxylation is 1. The minimum atomic E-state index is -0.907. The maximum atomic E-state index is 13.4. The Labute approximate surface area is 130 Å². The van der Waals surface area contributed by atoms with E-state index in [0.717, 1.165) is 0 Å². The first kappa shape index (κ1) is 15.8. The van der Waals surface area contributed by atoms with E-state index in [4.69, 9.17) is 5.11 Å². The number of aliphatic carboxylic acids is 1. The highest BCUT2D eigenvalue weighted by molar-refractivity contribution is 9.10. The topological polar surface area (TPSA) is 69.6 Å². The van der Waals surface area contributed by atoms with Gasteiger partial charge in [0.1, 0.15) is 5.82 Å². The van der Waals surface area contributed by atoms with Crippen LogP contribution in [0.2, 0.25) is 0 Å². The summed E-state index contributed by atoms with van der Waals surface area (Å²) in [6.45, 7) is 3.87. The summed E-state index contributed by atoms with van der Waals surface area (Å²) in [7, 11) is 0. The van der Waals surface area contributed by atoms with Gasteiger partial charge in [-0.1, -0.05) is 0 Å². The number of urea groups is 1. The van der Waals surface area contributed by atoms with Crippen molar-refractivity contribution >= 4 is 33.6 Å². The van der Waals surface area contributed by atoms with Crippen molar-refractivity contribution in [2.75, 3.05) is 18.4 Å². The van der Waals surface area contributed by atoms with Gasteiger partial charge in [-0.2, -0.15) is 0 Å². The van der Waals surface area contributed by atoms with Crippen molar-refractivity contribution in [2.24, 2.45) is 5.41 Å². The van der Waals surface area contributed by atoms with Crippen LogP contribution < -0.4 is 5.32 Å². The SMILES string of the molecule is Cc1cc(F)c(Br)cc1NC(=O)N1CCC(C)(C(=O)O)C1. The fraction of sp³-hybridized carbons (Fsp3) is 0.429. The highest BCUT2D eigenvalue weighted by Gasteiger charge is 2.42. The molecule has 0 bridgehead atoms. The van der Waals surface area contributed by atoms with Crippen LogP contribution in [-0.4, -0.2) is 35.1 Å². The number of carboxylic acid groups (broad SMARTS) is 1. The first-order chi connectivity index (χ1) is 9.73. The van der Waals surface area contributed by atoms with Crippen LogP contribution in [0.15, 0.2) is 16.6 Å². The van der Waals surface area contributed by atoms with E-state index in [-0.39, 0.29) is 17.0 Å². The van der Waals surface area contributed by atoms with Crippen molar-refractivity contribution in [3.8, 4) is 0 Å². The Morgan fingerprint density at radius 1 is 1.48 bits per heavy atom. The predicted molar refractivity (Wildman–Crippen MR) is 79.8 cm³/mol. The van der Waals surface area contributed by atoms with Crippen LogP contribution in [0, 0.1) is 18.2 Å². The van der Waals surface area contributed by atoms with Gasteiger partial charge in [0, 0.05) is 18.8 Å². The molecule has 21 heavy (non-hydrogen) atoms. The number of halogens is 2. The van der Waals surface area contributed by atoms with E-state index in [0.29, 0.717) is 24.2 Å². The lowest BCUT2D eigenvalue weighted by Gasteiger charge is -2.21. The van der Waals surface area contributed by atoms with Gasteiger partial charge in [-0.15, -0.1) is 0 Å². The lowest BCUT2D eigenvalue weighted by molar-refractivity contribution is -0.146. The van der Waals surface area contributed by atoms with E-state index >= 15 is 0 Å². The van der Waals surface area contributed by atoms with Crippen LogP contribution in [0.3, 0.4) is 0 Å². The molecule has 1 aromatic rings. The molecule has 114 valence electrons. The molecule has 1 unspecified atom stereocenters. The Morgan fingerprint density at radius 3 is 2.71 bits per heavy atom. The molecule has 2 rings (SSSR count). The van der Waals surface area contributed by atoms with Gasteiger partial charge in [0.2, 0.25) is 0 Å². The second-order valence-corrected chi connectivity index (χ2v) is 6.40. The molecule has 1 aliphatic rings. The largest absolute Gasteiger partial charge is 0.481 e. The molecule has 0 aliphatic carbocycles. The number of carbonyl (C=O) groups excluding carboxylic acids is 1. The number of carbonyl (C=O) groups is 2. The molecule has 1 aromatic carbocycles. The second kappa shape index (κ2) is 5.63. The van der Waals surface area contributed by atoms with Gasteiger partial charge >= 0.3 is 12.0 Å². The Kier molecular flexibility index (Phi) is 4.22. The minimum Gasteiger partial charge on any atom is -0.481 e. The van der Waals surface area contributed by atoms with Crippen LogP contribution in [0.25, 0.3) is 0 Å². The zero-order valence-electron chi connectivity index (χ0n) is 11.7. The Bertz CT molecular complexity index is 608. The highest BCUT2D eigenvalue weighted by atomic mass is 79.9. The van der Waals surface area contributed by atoms with E-state index in [1.165, 1.54) is 17.0 Å². The average Bonchev–Trinajstić information content (AvgIpc) is 2.80. The van der Waals surface area contributed by atoms with Crippen molar-refractivity contribution < 1.29 is 19.1 Å². The quantitative estimate of drug-likeness (QED) is 0.852. The van der Waals surface area contributed by atoms with E-state index in [2.05, 4.69) is 21.2 Å². The standard InChI is InChI=1S/C14H16BrFN2O3/c1-8-5-10(16)9(15)6-11(8)17-13(21)18-4-3-14(2,7-18)12(19)20/h5-6H,3-4,7H2,1-2H3,(H,17,21)(H,19,20). The first-order valence-corrected chi connectivity index (χ1v) is 7.27. The molecule has 1 saturated heterocycles. The van der Waals surface area contributed by atoms with Crippen LogP contribution in [0.4, 0.5) is 14.9 Å². The van der Waals surface area contributed by atoms with Gasteiger partial charge in [-0.25, -0.2) is 9.18 Å². The third-order valence-electron chi connectivity index (χ3n) is 3.79. The number of likely N-dealkylation sites (tertiary alicyclic amines) is 1. The average molecular weight is 359 g/mol. The predicted octanol–water partition coefficient (Wildman–Crippen LogP) is 3.23. The molecular weight excluding hydrogens is 343 g/mol. The molecule has 1 fully saturated rings. The number of amides is 2. The maximum absolute atomic E-state index is 13.4. The molecule has 1 heterocycles. The smallest absolute Gasteiger partial charge is 0.321 e. The summed E-state index contributed by atoms with van der Waals surface area (Å²) in [6.07, 6.45) is 0.418. The van der Waals surface area contributed by atoms with Gasteiger partial charge in [0.25, 0.3) is 0 Å². The Hall–Kier alpha value is -1.63. The third-order valence-corrected chi connectivity index (χ3v) is 4.39. The summed E-state index contributed by atoms with van der Waals surface area (Å²) in [6, 6.07) is 2.45. The van der Waals surface area contributed by atoms with Gasteiger partial charge < -0.3 is 15.3 Å². The van der Waals surface area contributed by atoms with Crippen molar-refractivity contribution in [2.45, 2.75) is 20.3 Å². The summed E-state index contributed by atoms with van der Waals surface area (Å²) in [5.74, 6) is -1.30. The van der Waals surface area contributed by atoms with Crippen LogP contribution in [0.1, 0.15) is 18.9 Å². The fourth-order valence-electron chi connectivity index (χ4n) is 2.28. The maximum Gasteiger partial charge on any atom is 0.321 e. The number of nitrogens with zero attached hydrogens (tertiary/aromatic N) is 1. The van der Waals surface area contributed by atoms with Crippen LogP contribution >= 0.6 is 15.9 Å². The molecule has 0 spiro atoms. The summed E-state index contributed by atoms with van der Waals surface area (Å²) < 4.78 is 13.6. The zero-order chi connectivity index (χ0) is 15.8. The van der Waals surface area contributed by atoms with Gasteiger partial charge in [0.15, 0.2) is 0 Å². The lowest BCUT2D eigenvalue weighted by Crippen LogP contribution is -2.37. The number of anilines is 1. The van der Waals surface area contributed by atoms with E-state index in [9.17, 15) is 14.0 Å². The van der Waals surface area contributed by atoms with Crippen molar-refractivity contribution in [1.82, 2.24) is 4.90 Å². The Morgan fingerprint density at radius 2 is 2.14 bits per heavy atom. The van der Waals surface area contributed by atoms with E-state index in [1.807, 2.05) is 0 Å². The molecule has 1 aliphatic heterocycles.